The highest BCUT2D eigenvalue weighted by Gasteiger charge is 2.28. The minimum Gasteiger partial charge on any atom is -0.496 e. The van der Waals surface area contributed by atoms with Gasteiger partial charge in [0.05, 0.1) is 19.3 Å². The van der Waals surface area contributed by atoms with E-state index in [1.54, 1.807) is 7.11 Å². The highest BCUT2D eigenvalue weighted by atomic mass is 16.5. The molecule has 100 valence electrons. The average molecular weight is 249 g/mol. The number of aliphatic hydroxyl groups is 1. The lowest BCUT2D eigenvalue weighted by molar-refractivity contribution is 0.0844. The topological polar surface area (TPSA) is 55.5 Å². The van der Waals surface area contributed by atoms with Crippen LogP contribution in [0.5, 0.6) is 5.75 Å². The third kappa shape index (κ3) is 2.68. The molecule has 2 atom stereocenters. The molecule has 0 bridgehead atoms. The van der Waals surface area contributed by atoms with E-state index < -0.39 is 6.10 Å². The summed E-state index contributed by atoms with van der Waals surface area (Å²) in [6.45, 7) is 2.00. The van der Waals surface area contributed by atoms with Gasteiger partial charge in [-0.15, -0.1) is 0 Å². The largest absolute Gasteiger partial charge is 0.496 e. The van der Waals surface area contributed by atoms with Gasteiger partial charge in [0.25, 0.3) is 0 Å². The van der Waals surface area contributed by atoms with E-state index in [1.807, 2.05) is 25.1 Å². The molecule has 1 saturated carbocycles. The van der Waals surface area contributed by atoms with E-state index in [4.69, 9.17) is 10.5 Å². The number of methoxy groups -OCH3 is 1. The number of ether oxygens (including phenoxy) is 1. The standard InChI is InChI=1S/C15H23NO2/c1-10-9-12(7-8-13(10)18-2)14(16)15(17)11-5-3-4-6-11/h7-9,11,14-15,17H,3-6,16H2,1-2H3/t14-,15+/m0/s1. The van der Waals surface area contributed by atoms with Gasteiger partial charge in [0.2, 0.25) is 0 Å². The molecule has 1 aromatic carbocycles. The Morgan fingerprint density at radius 1 is 1.33 bits per heavy atom. The van der Waals surface area contributed by atoms with E-state index in [1.165, 1.54) is 12.8 Å². The summed E-state index contributed by atoms with van der Waals surface area (Å²) in [6, 6.07) is 5.60. The molecule has 0 aliphatic heterocycles. The molecule has 0 amide bonds. The van der Waals surface area contributed by atoms with Crippen molar-refractivity contribution >= 4 is 0 Å². The van der Waals surface area contributed by atoms with Gasteiger partial charge in [0, 0.05) is 0 Å². The Hall–Kier alpha value is -1.06. The van der Waals surface area contributed by atoms with Crippen molar-refractivity contribution in [1.29, 1.82) is 0 Å². The minimum absolute atomic E-state index is 0.294. The summed E-state index contributed by atoms with van der Waals surface area (Å²) in [4.78, 5) is 0. The van der Waals surface area contributed by atoms with Crippen LogP contribution >= 0.6 is 0 Å². The Morgan fingerprint density at radius 2 is 2.00 bits per heavy atom. The van der Waals surface area contributed by atoms with Crippen LogP contribution in [0.25, 0.3) is 0 Å². The van der Waals surface area contributed by atoms with Crippen LogP contribution in [0.4, 0.5) is 0 Å². The Balaban J connectivity index is 2.12. The molecule has 1 fully saturated rings. The Labute approximate surface area is 109 Å². The Bertz CT molecular complexity index is 399. The van der Waals surface area contributed by atoms with E-state index in [2.05, 4.69) is 0 Å². The third-order valence-electron chi connectivity index (χ3n) is 4.05. The van der Waals surface area contributed by atoms with E-state index >= 15 is 0 Å². The predicted octanol–water partition coefficient (Wildman–Crippen LogP) is 2.55. The maximum Gasteiger partial charge on any atom is 0.121 e. The van der Waals surface area contributed by atoms with E-state index in [9.17, 15) is 5.11 Å². The van der Waals surface area contributed by atoms with Gasteiger partial charge < -0.3 is 15.6 Å². The third-order valence-corrected chi connectivity index (χ3v) is 4.05. The molecule has 0 heterocycles. The minimum atomic E-state index is -0.430. The second-order valence-electron chi connectivity index (χ2n) is 5.29. The summed E-state index contributed by atoms with van der Waals surface area (Å²) in [7, 11) is 1.66. The fraction of sp³-hybridized carbons (Fsp3) is 0.600. The van der Waals surface area contributed by atoms with Crippen molar-refractivity contribution in [2.24, 2.45) is 11.7 Å². The second-order valence-corrected chi connectivity index (χ2v) is 5.29. The van der Waals surface area contributed by atoms with Crippen molar-refractivity contribution in [1.82, 2.24) is 0 Å². The van der Waals surface area contributed by atoms with Crippen LogP contribution in [0.15, 0.2) is 18.2 Å². The van der Waals surface area contributed by atoms with Crippen molar-refractivity contribution in [3.63, 3.8) is 0 Å². The number of aliphatic hydroxyl groups excluding tert-OH is 1. The molecular weight excluding hydrogens is 226 g/mol. The zero-order valence-corrected chi connectivity index (χ0v) is 11.2. The van der Waals surface area contributed by atoms with Crippen LogP contribution in [0.1, 0.15) is 42.9 Å². The molecule has 2 rings (SSSR count). The predicted molar refractivity (Wildman–Crippen MR) is 72.6 cm³/mol. The molecule has 1 aromatic rings. The van der Waals surface area contributed by atoms with Crippen molar-refractivity contribution in [3.8, 4) is 5.75 Å². The van der Waals surface area contributed by atoms with Gasteiger partial charge in [-0.1, -0.05) is 25.0 Å². The summed E-state index contributed by atoms with van der Waals surface area (Å²) in [5.41, 5.74) is 8.24. The monoisotopic (exact) mass is 249 g/mol. The maximum absolute atomic E-state index is 10.3. The first-order valence-electron chi connectivity index (χ1n) is 6.71. The molecule has 3 N–H and O–H groups in total. The van der Waals surface area contributed by atoms with Crippen molar-refractivity contribution in [2.75, 3.05) is 7.11 Å². The average Bonchev–Trinajstić information content (AvgIpc) is 2.90. The van der Waals surface area contributed by atoms with Crippen LogP contribution in [0.2, 0.25) is 0 Å². The summed E-state index contributed by atoms with van der Waals surface area (Å²) in [5, 5.41) is 10.3. The second kappa shape index (κ2) is 5.72. The van der Waals surface area contributed by atoms with Crippen molar-refractivity contribution in [3.05, 3.63) is 29.3 Å². The van der Waals surface area contributed by atoms with Crippen molar-refractivity contribution in [2.45, 2.75) is 44.8 Å². The first-order chi connectivity index (χ1) is 8.63. The SMILES string of the molecule is COc1ccc([C@H](N)[C@H](O)C2CCCC2)cc1C. The number of hydrogen-bond donors (Lipinski definition) is 2. The van der Waals surface area contributed by atoms with Gasteiger partial charge in [-0.3, -0.25) is 0 Å². The lowest BCUT2D eigenvalue weighted by Gasteiger charge is -2.25. The number of hydrogen-bond acceptors (Lipinski definition) is 3. The molecule has 0 radical (unpaired) electrons. The van der Waals surface area contributed by atoms with Gasteiger partial charge in [-0.25, -0.2) is 0 Å². The summed E-state index contributed by atoms with van der Waals surface area (Å²) < 4.78 is 5.24. The van der Waals surface area contributed by atoms with Gasteiger partial charge in [-0.05, 0) is 42.9 Å². The fourth-order valence-electron chi connectivity index (χ4n) is 2.90. The van der Waals surface area contributed by atoms with E-state index in [0.29, 0.717) is 5.92 Å². The van der Waals surface area contributed by atoms with Crippen LogP contribution in [-0.4, -0.2) is 18.3 Å². The molecule has 0 spiro atoms. The molecule has 0 saturated heterocycles. The highest BCUT2D eigenvalue weighted by molar-refractivity contribution is 5.37. The maximum atomic E-state index is 10.3. The van der Waals surface area contributed by atoms with Gasteiger partial charge in [0.1, 0.15) is 5.75 Å². The molecule has 18 heavy (non-hydrogen) atoms. The smallest absolute Gasteiger partial charge is 0.121 e. The molecule has 1 aliphatic rings. The van der Waals surface area contributed by atoms with E-state index in [-0.39, 0.29) is 6.04 Å². The van der Waals surface area contributed by atoms with Crippen LogP contribution < -0.4 is 10.5 Å². The number of aryl methyl sites for hydroxylation is 1. The van der Waals surface area contributed by atoms with Crippen LogP contribution in [0, 0.1) is 12.8 Å². The molecule has 0 aromatic heterocycles. The fourth-order valence-corrected chi connectivity index (χ4v) is 2.90. The summed E-state index contributed by atoms with van der Waals surface area (Å²) >= 11 is 0. The summed E-state index contributed by atoms with van der Waals surface area (Å²) in [5.74, 6) is 1.23. The Kier molecular flexibility index (Phi) is 4.25. The molecule has 3 nitrogen and oxygen atoms in total. The molecule has 1 aliphatic carbocycles. The van der Waals surface area contributed by atoms with Gasteiger partial charge >= 0.3 is 0 Å². The quantitative estimate of drug-likeness (QED) is 0.862. The lowest BCUT2D eigenvalue weighted by atomic mass is 9.90. The van der Waals surface area contributed by atoms with Crippen LogP contribution in [0.3, 0.4) is 0 Å². The van der Waals surface area contributed by atoms with Gasteiger partial charge in [0.15, 0.2) is 0 Å². The number of nitrogens with two attached hydrogens (primary N) is 1. The lowest BCUT2D eigenvalue weighted by Crippen LogP contribution is -2.31. The Morgan fingerprint density at radius 3 is 2.56 bits per heavy atom. The van der Waals surface area contributed by atoms with Crippen LogP contribution in [-0.2, 0) is 0 Å². The molecule has 3 heteroatoms. The molecule has 0 unspecified atom stereocenters. The number of benzene rings is 1. The first kappa shape index (κ1) is 13.4. The number of rotatable bonds is 4. The van der Waals surface area contributed by atoms with E-state index in [0.717, 1.165) is 29.7 Å². The van der Waals surface area contributed by atoms with Gasteiger partial charge in [-0.2, -0.15) is 0 Å². The summed E-state index contributed by atoms with van der Waals surface area (Å²) in [6.07, 6.45) is 4.21. The normalized spacial score (nSPS) is 19.8. The first-order valence-corrected chi connectivity index (χ1v) is 6.71. The zero-order valence-electron chi connectivity index (χ0n) is 11.2. The zero-order chi connectivity index (χ0) is 13.1. The highest BCUT2D eigenvalue weighted by Crippen LogP contribution is 2.33. The molecular formula is C15H23NO2. The van der Waals surface area contributed by atoms with Crippen molar-refractivity contribution < 1.29 is 9.84 Å².